The fourth-order valence-electron chi connectivity index (χ4n) is 5.62. The van der Waals surface area contributed by atoms with E-state index in [9.17, 15) is 0 Å². The van der Waals surface area contributed by atoms with Crippen LogP contribution in [0.25, 0.3) is 16.8 Å². The summed E-state index contributed by atoms with van der Waals surface area (Å²) in [6, 6.07) is 17.8. The van der Waals surface area contributed by atoms with Crippen LogP contribution in [-0.4, -0.2) is 22.9 Å². The number of nitrogens with zero attached hydrogens (tertiary/aromatic N) is 2. The molecule has 0 aromatic heterocycles. The monoisotopic (exact) mass is 430 g/mol. The minimum atomic E-state index is 0.208. The van der Waals surface area contributed by atoms with Gasteiger partial charge in [-0.3, -0.25) is 0 Å². The van der Waals surface area contributed by atoms with Gasteiger partial charge < -0.3 is 9.80 Å². The van der Waals surface area contributed by atoms with Crippen LogP contribution in [0.3, 0.4) is 0 Å². The molecule has 2 aromatic rings. The van der Waals surface area contributed by atoms with Crippen LogP contribution in [0.4, 0.5) is 0 Å². The SMILES string of the molecule is CC1=CCN2C(=C1)c1cc(-c3ccccc3)ccc1[C@@H]2N1CC=CC=C1C1C=CCC=C1C. The van der Waals surface area contributed by atoms with Crippen molar-refractivity contribution in [3.8, 4) is 11.1 Å². The van der Waals surface area contributed by atoms with Crippen molar-refractivity contribution in [2.75, 3.05) is 13.1 Å². The minimum absolute atomic E-state index is 0.208. The second-order valence-electron chi connectivity index (χ2n) is 9.43. The molecule has 0 saturated heterocycles. The van der Waals surface area contributed by atoms with Crippen molar-refractivity contribution in [1.29, 1.82) is 0 Å². The first-order valence-corrected chi connectivity index (χ1v) is 12.0. The molecule has 3 heterocycles. The average Bonchev–Trinajstić information content (AvgIpc) is 3.17. The third-order valence-electron chi connectivity index (χ3n) is 7.34. The number of hydrogen-bond acceptors (Lipinski definition) is 2. The van der Waals surface area contributed by atoms with Crippen LogP contribution >= 0.6 is 0 Å². The summed E-state index contributed by atoms with van der Waals surface area (Å²) in [5.41, 5.74) is 10.9. The molecule has 6 rings (SSSR count). The fourth-order valence-corrected chi connectivity index (χ4v) is 5.62. The normalized spacial score (nSPS) is 23.5. The summed E-state index contributed by atoms with van der Waals surface area (Å²) >= 11 is 0. The molecule has 4 aliphatic rings. The lowest BCUT2D eigenvalue weighted by atomic mass is 9.89. The third-order valence-corrected chi connectivity index (χ3v) is 7.34. The molecule has 33 heavy (non-hydrogen) atoms. The molecule has 2 heteroatoms. The van der Waals surface area contributed by atoms with Crippen LogP contribution in [-0.2, 0) is 0 Å². The highest BCUT2D eigenvalue weighted by Gasteiger charge is 2.40. The highest BCUT2D eigenvalue weighted by molar-refractivity contribution is 5.79. The van der Waals surface area contributed by atoms with E-state index in [0.717, 1.165) is 19.5 Å². The first kappa shape index (κ1) is 20.1. The van der Waals surface area contributed by atoms with Crippen molar-refractivity contribution in [3.63, 3.8) is 0 Å². The van der Waals surface area contributed by atoms with Gasteiger partial charge >= 0.3 is 0 Å². The van der Waals surface area contributed by atoms with Crippen molar-refractivity contribution in [3.05, 3.63) is 125 Å². The zero-order valence-corrected chi connectivity index (χ0v) is 19.4. The Balaban J connectivity index is 1.46. The van der Waals surface area contributed by atoms with E-state index in [1.54, 1.807) is 0 Å². The Morgan fingerprint density at radius 3 is 2.58 bits per heavy atom. The molecular weight excluding hydrogens is 400 g/mol. The van der Waals surface area contributed by atoms with Gasteiger partial charge in [0.1, 0.15) is 6.17 Å². The maximum atomic E-state index is 2.62. The molecule has 0 N–H and O–H groups in total. The molecule has 2 atom stereocenters. The summed E-state index contributed by atoms with van der Waals surface area (Å²) in [7, 11) is 0. The number of fused-ring (bicyclic) bond motifs is 3. The molecule has 0 fully saturated rings. The molecule has 2 nitrogen and oxygen atoms in total. The largest absolute Gasteiger partial charge is 0.346 e. The standard InChI is InChI=1S/C31H30N2/c1-22-17-19-33-30(20-22)28-21-25(24-11-4-3-5-12-24)15-16-27(28)31(33)32-18-9-8-14-29(32)26-13-7-6-10-23(26)2/h3-5,7-17,20-21,26,31H,6,18-19H2,1-2H3/t26?,31-/m1/s1. The highest BCUT2D eigenvalue weighted by atomic mass is 15.4. The molecule has 0 bridgehead atoms. The van der Waals surface area contributed by atoms with E-state index >= 15 is 0 Å². The Bertz CT molecular complexity index is 1270. The maximum absolute atomic E-state index is 2.62. The molecular formula is C31H30N2. The first-order valence-electron chi connectivity index (χ1n) is 12.0. The second-order valence-corrected chi connectivity index (χ2v) is 9.43. The first-order chi connectivity index (χ1) is 16.2. The molecule has 2 aromatic carbocycles. The molecule has 3 aliphatic heterocycles. The lowest BCUT2D eigenvalue weighted by molar-refractivity contribution is 0.139. The molecule has 1 unspecified atom stereocenters. The van der Waals surface area contributed by atoms with Gasteiger partial charge in [0, 0.05) is 41.5 Å². The van der Waals surface area contributed by atoms with Crippen LogP contribution in [0.15, 0.2) is 114 Å². The lowest BCUT2D eigenvalue weighted by Gasteiger charge is -2.43. The third kappa shape index (κ3) is 3.41. The topological polar surface area (TPSA) is 6.48 Å². The van der Waals surface area contributed by atoms with E-state index in [0.29, 0.717) is 5.92 Å². The fraction of sp³-hybridized carbons (Fsp3) is 0.226. The summed E-state index contributed by atoms with van der Waals surface area (Å²) in [4.78, 5) is 5.21. The number of hydrogen-bond donors (Lipinski definition) is 0. The van der Waals surface area contributed by atoms with Gasteiger partial charge in [0.2, 0.25) is 0 Å². The van der Waals surface area contributed by atoms with Gasteiger partial charge in [0.25, 0.3) is 0 Å². The molecule has 0 saturated carbocycles. The van der Waals surface area contributed by atoms with Crippen molar-refractivity contribution in [2.24, 2.45) is 5.92 Å². The van der Waals surface area contributed by atoms with Gasteiger partial charge in [-0.15, -0.1) is 0 Å². The van der Waals surface area contributed by atoms with Crippen molar-refractivity contribution >= 4 is 5.70 Å². The Morgan fingerprint density at radius 2 is 1.73 bits per heavy atom. The van der Waals surface area contributed by atoms with Crippen LogP contribution in [0.5, 0.6) is 0 Å². The zero-order valence-electron chi connectivity index (χ0n) is 19.4. The van der Waals surface area contributed by atoms with Crippen LogP contribution in [0, 0.1) is 5.92 Å². The van der Waals surface area contributed by atoms with Crippen molar-refractivity contribution < 1.29 is 0 Å². The number of rotatable bonds is 3. The summed E-state index contributed by atoms with van der Waals surface area (Å²) in [5.74, 6) is 0.353. The summed E-state index contributed by atoms with van der Waals surface area (Å²) in [6.45, 7) is 6.37. The van der Waals surface area contributed by atoms with Crippen molar-refractivity contribution in [2.45, 2.75) is 26.4 Å². The van der Waals surface area contributed by atoms with Crippen LogP contribution < -0.4 is 0 Å². The van der Waals surface area contributed by atoms with Crippen LogP contribution in [0.2, 0.25) is 0 Å². The predicted molar refractivity (Wildman–Crippen MR) is 138 cm³/mol. The van der Waals surface area contributed by atoms with Crippen LogP contribution in [0.1, 0.15) is 37.6 Å². The molecule has 164 valence electrons. The maximum Gasteiger partial charge on any atom is 0.129 e. The van der Waals surface area contributed by atoms with E-state index in [1.165, 1.54) is 44.8 Å². The second kappa shape index (κ2) is 8.12. The molecule has 0 spiro atoms. The number of allylic oxidation sites excluding steroid dienone is 7. The molecule has 0 radical (unpaired) electrons. The Labute approximate surface area is 197 Å². The van der Waals surface area contributed by atoms with Gasteiger partial charge in [-0.2, -0.15) is 0 Å². The van der Waals surface area contributed by atoms with Gasteiger partial charge in [-0.1, -0.05) is 90.1 Å². The zero-order chi connectivity index (χ0) is 22.4. The van der Waals surface area contributed by atoms with Gasteiger partial charge in [0.05, 0.1) is 0 Å². The highest BCUT2D eigenvalue weighted by Crippen LogP contribution is 2.48. The smallest absolute Gasteiger partial charge is 0.129 e. The van der Waals surface area contributed by atoms with Gasteiger partial charge in [-0.05, 0) is 49.6 Å². The predicted octanol–water partition coefficient (Wildman–Crippen LogP) is 7.25. The van der Waals surface area contributed by atoms with Gasteiger partial charge in [0.15, 0.2) is 0 Å². The van der Waals surface area contributed by atoms with E-state index < -0.39 is 0 Å². The lowest BCUT2D eigenvalue weighted by Crippen LogP contribution is -2.40. The Hall–Kier alpha value is -3.52. The molecule has 0 amide bonds. The van der Waals surface area contributed by atoms with E-state index in [1.807, 2.05) is 0 Å². The minimum Gasteiger partial charge on any atom is -0.346 e. The van der Waals surface area contributed by atoms with Crippen molar-refractivity contribution in [1.82, 2.24) is 9.80 Å². The Morgan fingerprint density at radius 1 is 0.848 bits per heavy atom. The quantitative estimate of drug-likeness (QED) is 0.473. The van der Waals surface area contributed by atoms with E-state index in [2.05, 4.69) is 121 Å². The van der Waals surface area contributed by atoms with E-state index in [4.69, 9.17) is 0 Å². The van der Waals surface area contributed by atoms with E-state index in [-0.39, 0.29) is 6.17 Å². The molecule has 1 aliphatic carbocycles. The summed E-state index contributed by atoms with van der Waals surface area (Å²) in [5, 5.41) is 0. The summed E-state index contributed by atoms with van der Waals surface area (Å²) in [6.07, 6.45) is 19.9. The summed E-state index contributed by atoms with van der Waals surface area (Å²) < 4.78 is 0. The average molecular weight is 431 g/mol. The van der Waals surface area contributed by atoms with Gasteiger partial charge in [-0.25, -0.2) is 0 Å². The Kier molecular flexibility index (Phi) is 4.95. The number of benzene rings is 2.